The number of ether oxygens (including phenoxy) is 1. The molecule has 0 N–H and O–H groups in total. The summed E-state index contributed by atoms with van der Waals surface area (Å²) in [7, 11) is 0. The first-order valence-corrected chi connectivity index (χ1v) is 11.1. The van der Waals surface area contributed by atoms with Gasteiger partial charge in [0, 0.05) is 24.8 Å². The van der Waals surface area contributed by atoms with Gasteiger partial charge in [-0.1, -0.05) is 13.8 Å². The van der Waals surface area contributed by atoms with Crippen molar-refractivity contribution in [3.8, 4) is 0 Å². The van der Waals surface area contributed by atoms with Gasteiger partial charge < -0.3 is 14.5 Å². The highest BCUT2D eigenvalue weighted by molar-refractivity contribution is 5.70. The van der Waals surface area contributed by atoms with Gasteiger partial charge in [0.05, 0.1) is 37.4 Å². The Bertz CT molecular complexity index is 1020. The molecule has 0 bridgehead atoms. The predicted molar refractivity (Wildman–Crippen MR) is 116 cm³/mol. The maximum Gasteiger partial charge on any atom is 0.416 e. The number of nitrogens with zero attached hydrogens (tertiary/aromatic N) is 6. The van der Waals surface area contributed by atoms with Crippen molar-refractivity contribution in [2.45, 2.75) is 52.6 Å². The van der Waals surface area contributed by atoms with Crippen LogP contribution >= 0.6 is 0 Å². The average molecular weight is 464 g/mol. The molecule has 2 aromatic rings. The summed E-state index contributed by atoms with van der Waals surface area (Å²) in [4.78, 5) is 31.1. The zero-order valence-electron chi connectivity index (χ0n) is 18.9. The minimum atomic E-state index is -4.42. The Labute approximate surface area is 190 Å². The highest BCUT2D eigenvalue weighted by Crippen LogP contribution is 2.33. The van der Waals surface area contributed by atoms with E-state index < -0.39 is 23.9 Å². The number of amides is 1. The second-order valence-electron chi connectivity index (χ2n) is 8.03. The number of rotatable bonds is 3. The van der Waals surface area contributed by atoms with Gasteiger partial charge in [0.2, 0.25) is 0 Å². The molecular weight excluding hydrogens is 437 g/mol. The molecule has 0 aromatic carbocycles. The predicted octanol–water partition coefficient (Wildman–Crippen LogP) is 3.78. The van der Waals surface area contributed by atoms with Crippen LogP contribution in [0.3, 0.4) is 0 Å². The zero-order chi connectivity index (χ0) is 23.8. The molecule has 0 spiro atoms. The van der Waals surface area contributed by atoms with E-state index >= 15 is 0 Å². The molecule has 1 amide bonds. The van der Waals surface area contributed by atoms with Crippen LogP contribution in [0.25, 0.3) is 0 Å². The van der Waals surface area contributed by atoms with Gasteiger partial charge in [-0.05, 0) is 25.5 Å². The Kier molecular flexibility index (Phi) is 6.31. The zero-order valence-corrected chi connectivity index (χ0v) is 18.9. The van der Waals surface area contributed by atoms with Gasteiger partial charge in [-0.25, -0.2) is 19.7 Å². The number of aryl methyl sites for hydroxylation is 1. The van der Waals surface area contributed by atoms with Crippen molar-refractivity contribution < 1.29 is 22.7 Å². The number of carbonyl (C=O) groups excluding carboxylic acids is 1. The lowest BCUT2D eigenvalue weighted by Gasteiger charge is -2.39. The van der Waals surface area contributed by atoms with Gasteiger partial charge in [0.25, 0.3) is 0 Å². The van der Waals surface area contributed by atoms with Gasteiger partial charge in [0.15, 0.2) is 0 Å². The number of aromatic nitrogens is 3. The Morgan fingerprint density at radius 1 is 1.12 bits per heavy atom. The monoisotopic (exact) mass is 464 g/mol. The largest absolute Gasteiger partial charge is 0.442 e. The molecule has 33 heavy (non-hydrogen) atoms. The van der Waals surface area contributed by atoms with Crippen molar-refractivity contribution in [3.05, 3.63) is 41.0 Å². The van der Waals surface area contributed by atoms with Gasteiger partial charge in [-0.3, -0.25) is 4.90 Å². The fraction of sp³-hybridized carbons (Fsp3) is 0.545. The molecule has 0 atom stereocenters. The van der Waals surface area contributed by atoms with Crippen molar-refractivity contribution in [2.24, 2.45) is 0 Å². The van der Waals surface area contributed by atoms with E-state index in [0.29, 0.717) is 32.0 Å². The molecule has 5 heterocycles. The smallest absolute Gasteiger partial charge is 0.416 e. The highest BCUT2D eigenvalue weighted by atomic mass is 19.4. The van der Waals surface area contributed by atoms with Gasteiger partial charge in [-0.15, -0.1) is 0 Å². The lowest BCUT2D eigenvalue weighted by atomic mass is 10.1. The lowest BCUT2D eigenvalue weighted by Crippen LogP contribution is -2.54. The maximum atomic E-state index is 12.9. The van der Waals surface area contributed by atoms with E-state index in [2.05, 4.69) is 19.9 Å². The van der Waals surface area contributed by atoms with Crippen LogP contribution < -0.4 is 9.80 Å². The molecule has 0 saturated carbocycles. The first-order chi connectivity index (χ1) is 15.8. The van der Waals surface area contributed by atoms with E-state index in [9.17, 15) is 18.0 Å². The molecule has 3 aliphatic rings. The second kappa shape index (κ2) is 9.03. The standard InChI is InChI=1S/C20H21F3N6O2.C2H6/c1-12-25-16-11-29(10-15(16)18(26-12)27-5-2-6-27)19(30)31-14-8-28(9-14)17-7-13(3-4-24-17)20(21,22)23;1-2/h3-4,7,14H,2,5-6,8-11H2,1H3;1-2H3. The van der Waals surface area contributed by atoms with Gasteiger partial charge in [-0.2, -0.15) is 13.2 Å². The molecular formula is C22H27F3N6O2. The third kappa shape index (κ3) is 4.67. The second-order valence-corrected chi connectivity index (χ2v) is 8.03. The van der Waals surface area contributed by atoms with E-state index in [-0.39, 0.29) is 5.82 Å². The van der Waals surface area contributed by atoms with Crippen molar-refractivity contribution in [1.82, 2.24) is 19.9 Å². The summed E-state index contributed by atoms with van der Waals surface area (Å²) in [6, 6.07) is 1.94. The number of hydrogen-bond acceptors (Lipinski definition) is 7. The van der Waals surface area contributed by atoms with Crippen LogP contribution in [0.2, 0.25) is 0 Å². The summed E-state index contributed by atoms with van der Waals surface area (Å²) in [5, 5.41) is 0. The number of hydrogen-bond donors (Lipinski definition) is 0. The molecule has 3 aliphatic heterocycles. The van der Waals surface area contributed by atoms with E-state index in [1.54, 1.807) is 9.80 Å². The molecule has 8 nitrogen and oxygen atoms in total. The van der Waals surface area contributed by atoms with Crippen LogP contribution in [0.5, 0.6) is 0 Å². The topological polar surface area (TPSA) is 74.7 Å². The average Bonchev–Trinajstić information content (AvgIpc) is 3.14. The summed E-state index contributed by atoms with van der Waals surface area (Å²) >= 11 is 0. The number of pyridine rings is 1. The van der Waals surface area contributed by atoms with Gasteiger partial charge >= 0.3 is 12.3 Å². The van der Waals surface area contributed by atoms with E-state index in [4.69, 9.17) is 4.74 Å². The van der Waals surface area contributed by atoms with Crippen LogP contribution in [0.1, 0.15) is 42.9 Å². The fourth-order valence-electron chi connectivity index (χ4n) is 3.96. The van der Waals surface area contributed by atoms with Crippen molar-refractivity contribution >= 4 is 17.7 Å². The number of alkyl halides is 3. The quantitative estimate of drug-likeness (QED) is 0.685. The van der Waals surface area contributed by atoms with Crippen LogP contribution in [0.15, 0.2) is 18.3 Å². The Hall–Kier alpha value is -3.11. The molecule has 5 rings (SSSR count). The molecule has 0 unspecified atom stereocenters. The highest BCUT2D eigenvalue weighted by Gasteiger charge is 2.37. The number of halogens is 3. The number of fused-ring (bicyclic) bond motifs is 1. The Balaban J connectivity index is 0.00000126. The number of anilines is 2. The first-order valence-electron chi connectivity index (χ1n) is 11.1. The van der Waals surface area contributed by atoms with Crippen LogP contribution in [0.4, 0.5) is 29.6 Å². The minimum Gasteiger partial charge on any atom is -0.442 e. The Morgan fingerprint density at radius 2 is 1.85 bits per heavy atom. The summed E-state index contributed by atoms with van der Waals surface area (Å²) < 4.78 is 44.2. The molecule has 2 saturated heterocycles. The van der Waals surface area contributed by atoms with Crippen molar-refractivity contribution in [2.75, 3.05) is 36.0 Å². The summed E-state index contributed by atoms with van der Waals surface area (Å²) in [5.41, 5.74) is 1.06. The van der Waals surface area contributed by atoms with E-state index in [0.717, 1.165) is 54.9 Å². The molecule has 0 aliphatic carbocycles. The van der Waals surface area contributed by atoms with Crippen LogP contribution in [-0.2, 0) is 24.0 Å². The van der Waals surface area contributed by atoms with Crippen LogP contribution in [-0.4, -0.2) is 58.2 Å². The Morgan fingerprint density at radius 3 is 2.48 bits per heavy atom. The molecule has 11 heteroatoms. The van der Waals surface area contributed by atoms with E-state index in [1.807, 2.05) is 20.8 Å². The van der Waals surface area contributed by atoms with Crippen molar-refractivity contribution in [3.63, 3.8) is 0 Å². The SMILES string of the molecule is CC.Cc1nc2c(c(N3CCC3)n1)CN(C(=O)OC1CN(c3cc(C(F)(F)F)ccn3)C1)C2. The first kappa shape index (κ1) is 23.1. The third-order valence-electron chi connectivity index (χ3n) is 5.80. The maximum absolute atomic E-state index is 12.9. The summed E-state index contributed by atoms with van der Waals surface area (Å²) in [6.45, 7) is 9.12. The van der Waals surface area contributed by atoms with Crippen LogP contribution in [0, 0.1) is 6.92 Å². The third-order valence-corrected chi connectivity index (χ3v) is 5.80. The molecule has 178 valence electrons. The van der Waals surface area contributed by atoms with Gasteiger partial charge in [0.1, 0.15) is 23.6 Å². The number of carbonyl (C=O) groups is 1. The summed E-state index contributed by atoms with van der Waals surface area (Å²) in [5.74, 6) is 1.80. The molecule has 2 aromatic heterocycles. The molecule has 0 radical (unpaired) electrons. The van der Waals surface area contributed by atoms with Crippen molar-refractivity contribution in [1.29, 1.82) is 0 Å². The fourth-order valence-corrected chi connectivity index (χ4v) is 3.96. The minimum absolute atomic E-state index is 0.223. The molecule has 2 fully saturated rings. The normalized spacial score (nSPS) is 17.6. The lowest BCUT2D eigenvalue weighted by molar-refractivity contribution is -0.137. The van der Waals surface area contributed by atoms with E-state index in [1.165, 1.54) is 0 Å². The summed E-state index contributed by atoms with van der Waals surface area (Å²) in [6.07, 6.45) is -3.00.